The van der Waals surface area contributed by atoms with Crippen LogP contribution < -0.4 is 10.6 Å². The van der Waals surface area contributed by atoms with Crippen molar-refractivity contribution in [3.8, 4) is 0 Å². The van der Waals surface area contributed by atoms with E-state index in [1.54, 1.807) is 25.1 Å². The van der Waals surface area contributed by atoms with Gasteiger partial charge in [-0.15, -0.1) is 0 Å². The first-order valence-electron chi connectivity index (χ1n) is 9.26. The molecule has 2 aromatic carbocycles. The lowest BCUT2D eigenvalue weighted by atomic mass is 10.2. The average Bonchev–Trinajstić information content (AvgIpc) is 3.23. The fourth-order valence-electron chi connectivity index (χ4n) is 3.04. The first-order chi connectivity index (χ1) is 13.4. The summed E-state index contributed by atoms with van der Waals surface area (Å²) in [6.45, 7) is 3.37. The average molecular weight is 422 g/mol. The Kier molecular flexibility index (Phi) is 6.72. The maximum absolute atomic E-state index is 12.5. The number of carbonyl (C=O) groups is 1. The van der Waals surface area contributed by atoms with Gasteiger partial charge in [-0.1, -0.05) is 29.8 Å². The van der Waals surface area contributed by atoms with Crippen LogP contribution in [0.1, 0.15) is 25.3 Å². The van der Waals surface area contributed by atoms with Crippen molar-refractivity contribution in [3.63, 3.8) is 0 Å². The summed E-state index contributed by atoms with van der Waals surface area (Å²) in [5.41, 5.74) is 1.47. The van der Waals surface area contributed by atoms with Crippen molar-refractivity contribution in [2.75, 3.05) is 18.4 Å². The van der Waals surface area contributed by atoms with E-state index in [9.17, 15) is 13.2 Å². The second-order valence-corrected chi connectivity index (χ2v) is 9.16. The first-order valence-corrected chi connectivity index (χ1v) is 11.1. The number of rotatable bonds is 7. The van der Waals surface area contributed by atoms with Crippen molar-refractivity contribution in [1.29, 1.82) is 0 Å². The number of amides is 1. The Labute approximate surface area is 170 Å². The second kappa shape index (κ2) is 9.05. The van der Waals surface area contributed by atoms with Crippen LogP contribution in [0.3, 0.4) is 0 Å². The third kappa shape index (κ3) is 4.91. The molecule has 1 fully saturated rings. The van der Waals surface area contributed by atoms with E-state index in [1.165, 1.54) is 16.4 Å². The number of carbonyl (C=O) groups excluding carboxylic acids is 1. The zero-order valence-electron chi connectivity index (χ0n) is 15.7. The molecule has 2 N–H and O–H groups in total. The third-order valence-corrected chi connectivity index (χ3v) is 7.06. The highest BCUT2D eigenvalue weighted by atomic mass is 35.5. The van der Waals surface area contributed by atoms with Crippen LogP contribution in [0.5, 0.6) is 0 Å². The topological polar surface area (TPSA) is 78.5 Å². The molecular formula is C20H24ClN3O3S. The van der Waals surface area contributed by atoms with Gasteiger partial charge < -0.3 is 10.6 Å². The van der Waals surface area contributed by atoms with Gasteiger partial charge in [0.1, 0.15) is 0 Å². The molecule has 0 aromatic heterocycles. The van der Waals surface area contributed by atoms with Gasteiger partial charge >= 0.3 is 0 Å². The summed E-state index contributed by atoms with van der Waals surface area (Å²) >= 11 is 6.12. The number of hydrogen-bond acceptors (Lipinski definition) is 4. The molecule has 0 unspecified atom stereocenters. The summed E-state index contributed by atoms with van der Waals surface area (Å²) in [6, 6.07) is 13.3. The number of sulfonamides is 1. The van der Waals surface area contributed by atoms with E-state index in [0.717, 1.165) is 18.4 Å². The zero-order chi connectivity index (χ0) is 20.1. The first kappa shape index (κ1) is 20.8. The van der Waals surface area contributed by atoms with Crippen molar-refractivity contribution in [2.45, 2.75) is 37.2 Å². The van der Waals surface area contributed by atoms with E-state index >= 15 is 0 Å². The van der Waals surface area contributed by atoms with Crippen LogP contribution in [-0.4, -0.2) is 37.8 Å². The Bertz CT molecular complexity index is 926. The van der Waals surface area contributed by atoms with Crippen LogP contribution in [0.2, 0.25) is 5.02 Å². The highest BCUT2D eigenvalue weighted by molar-refractivity contribution is 7.89. The molecule has 0 aliphatic carbocycles. The molecule has 3 rings (SSSR count). The van der Waals surface area contributed by atoms with E-state index < -0.39 is 16.1 Å². The predicted octanol–water partition coefficient (Wildman–Crippen LogP) is 3.24. The number of nitrogens with one attached hydrogen (secondary N) is 2. The monoisotopic (exact) mass is 421 g/mol. The summed E-state index contributed by atoms with van der Waals surface area (Å²) in [4.78, 5) is 12.6. The van der Waals surface area contributed by atoms with Gasteiger partial charge in [0.15, 0.2) is 0 Å². The SMILES string of the molecule is C[C@H](NCc1ccccc1Cl)C(=O)Nc1ccc(S(=O)(=O)N2CCCC2)cc1. The second-order valence-electron chi connectivity index (χ2n) is 6.82. The molecule has 8 heteroatoms. The molecule has 0 bridgehead atoms. The van der Waals surface area contributed by atoms with Crippen LogP contribution in [0.15, 0.2) is 53.4 Å². The van der Waals surface area contributed by atoms with E-state index in [0.29, 0.717) is 30.3 Å². The van der Waals surface area contributed by atoms with Gasteiger partial charge in [0.2, 0.25) is 15.9 Å². The standard InChI is InChI=1S/C20H24ClN3O3S/c1-15(22-14-16-6-2-3-7-19(16)21)20(25)23-17-8-10-18(11-9-17)28(26,27)24-12-4-5-13-24/h2-3,6-11,15,22H,4-5,12-14H2,1H3,(H,23,25)/t15-/m0/s1. The normalized spacial score (nSPS) is 16.1. The van der Waals surface area contributed by atoms with Crippen molar-refractivity contribution in [3.05, 3.63) is 59.1 Å². The zero-order valence-corrected chi connectivity index (χ0v) is 17.3. The molecule has 150 valence electrons. The van der Waals surface area contributed by atoms with Crippen LogP contribution in [-0.2, 0) is 21.4 Å². The summed E-state index contributed by atoms with van der Waals surface area (Å²) in [6.07, 6.45) is 1.79. The highest BCUT2D eigenvalue weighted by Crippen LogP contribution is 2.22. The fraction of sp³-hybridized carbons (Fsp3) is 0.350. The lowest BCUT2D eigenvalue weighted by molar-refractivity contribution is -0.117. The molecule has 2 aromatic rings. The molecule has 1 aliphatic heterocycles. The Morgan fingerprint density at radius 2 is 1.75 bits per heavy atom. The van der Waals surface area contributed by atoms with Gasteiger partial charge in [-0.25, -0.2) is 8.42 Å². The Hall–Kier alpha value is -1.93. The number of hydrogen-bond donors (Lipinski definition) is 2. The van der Waals surface area contributed by atoms with Crippen molar-refractivity contribution < 1.29 is 13.2 Å². The highest BCUT2D eigenvalue weighted by Gasteiger charge is 2.27. The van der Waals surface area contributed by atoms with Crippen LogP contribution >= 0.6 is 11.6 Å². The number of halogens is 1. The lowest BCUT2D eigenvalue weighted by Crippen LogP contribution is -2.37. The minimum Gasteiger partial charge on any atom is -0.325 e. The van der Waals surface area contributed by atoms with E-state index in [-0.39, 0.29) is 10.8 Å². The molecule has 1 atom stereocenters. The minimum absolute atomic E-state index is 0.206. The van der Waals surface area contributed by atoms with Gasteiger partial charge in [-0.3, -0.25) is 4.79 Å². The molecule has 1 amide bonds. The summed E-state index contributed by atoms with van der Waals surface area (Å²) < 4.78 is 26.6. The van der Waals surface area contributed by atoms with Crippen LogP contribution in [0.25, 0.3) is 0 Å². The quantitative estimate of drug-likeness (QED) is 0.719. The lowest BCUT2D eigenvalue weighted by Gasteiger charge is -2.17. The predicted molar refractivity (Wildman–Crippen MR) is 111 cm³/mol. The van der Waals surface area contributed by atoms with Crippen molar-refractivity contribution in [1.82, 2.24) is 9.62 Å². The van der Waals surface area contributed by atoms with Gasteiger partial charge in [-0.05, 0) is 55.7 Å². The Morgan fingerprint density at radius 1 is 1.11 bits per heavy atom. The molecule has 28 heavy (non-hydrogen) atoms. The Balaban J connectivity index is 1.57. The maximum atomic E-state index is 12.5. The fourth-order valence-corrected chi connectivity index (χ4v) is 4.76. The molecule has 0 spiro atoms. The molecular weight excluding hydrogens is 398 g/mol. The van der Waals surface area contributed by atoms with Gasteiger partial charge in [0, 0.05) is 30.3 Å². The smallest absolute Gasteiger partial charge is 0.243 e. The van der Waals surface area contributed by atoms with Crippen molar-refractivity contribution >= 4 is 33.2 Å². The van der Waals surface area contributed by atoms with Crippen LogP contribution in [0.4, 0.5) is 5.69 Å². The molecule has 1 saturated heterocycles. The van der Waals surface area contributed by atoms with E-state index in [4.69, 9.17) is 11.6 Å². The largest absolute Gasteiger partial charge is 0.325 e. The molecule has 1 heterocycles. The maximum Gasteiger partial charge on any atom is 0.243 e. The van der Waals surface area contributed by atoms with Gasteiger partial charge in [0.05, 0.1) is 10.9 Å². The van der Waals surface area contributed by atoms with Gasteiger partial charge in [0.25, 0.3) is 0 Å². The molecule has 1 aliphatic rings. The third-order valence-electron chi connectivity index (χ3n) is 4.77. The van der Waals surface area contributed by atoms with E-state index in [2.05, 4.69) is 10.6 Å². The summed E-state index contributed by atoms with van der Waals surface area (Å²) in [5, 5.41) is 6.58. The number of nitrogens with zero attached hydrogens (tertiary/aromatic N) is 1. The molecule has 0 radical (unpaired) electrons. The summed E-state index contributed by atoms with van der Waals surface area (Å²) in [7, 11) is -3.45. The Morgan fingerprint density at radius 3 is 2.39 bits per heavy atom. The van der Waals surface area contributed by atoms with Crippen LogP contribution in [0, 0.1) is 0 Å². The van der Waals surface area contributed by atoms with E-state index in [1.807, 2.05) is 18.2 Å². The summed E-state index contributed by atoms with van der Waals surface area (Å²) in [5.74, 6) is -0.206. The van der Waals surface area contributed by atoms with Crippen molar-refractivity contribution in [2.24, 2.45) is 0 Å². The minimum atomic E-state index is -3.45. The molecule has 0 saturated carbocycles. The van der Waals surface area contributed by atoms with Gasteiger partial charge in [-0.2, -0.15) is 4.31 Å². The number of benzene rings is 2. The molecule has 6 nitrogen and oxygen atoms in total. The number of anilines is 1.